The Balaban J connectivity index is 1.78. The summed E-state index contributed by atoms with van der Waals surface area (Å²) in [5.41, 5.74) is 1.25. The average Bonchev–Trinajstić information content (AvgIpc) is 2.54. The zero-order valence-electron chi connectivity index (χ0n) is 8.20. The first-order chi connectivity index (χ1) is 7.33. The van der Waals surface area contributed by atoms with Crippen molar-refractivity contribution in [1.82, 2.24) is 5.32 Å². The number of ether oxygens (including phenoxy) is 2. The summed E-state index contributed by atoms with van der Waals surface area (Å²) in [4.78, 5) is 0. The number of hydrogen-bond donors (Lipinski definition) is 1. The van der Waals surface area contributed by atoms with Crippen LogP contribution in [0.3, 0.4) is 0 Å². The molecule has 15 heavy (non-hydrogen) atoms. The van der Waals surface area contributed by atoms with Gasteiger partial charge in [0.05, 0.1) is 25.3 Å². The van der Waals surface area contributed by atoms with Crippen molar-refractivity contribution in [3.63, 3.8) is 0 Å². The number of halogens is 1. The van der Waals surface area contributed by atoms with Gasteiger partial charge in [0.25, 0.3) is 0 Å². The second-order valence-corrected chi connectivity index (χ2v) is 4.86. The molecule has 80 valence electrons. The molecule has 0 aliphatic carbocycles. The third-order valence-electron chi connectivity index (χ3n) is 2.83. The van der Waals surface area contributed by atoms with Crippen molar-refractivity contribution < 1.29 is 9.47 Å². The summed E-state index contributed by atoms with van der Waals surface area (Å²) in [6.07, 6.45) is 0. The van der Waals surface area contributed by atoms with Crippen LogP contribution in [0, 0.1) is 0 Å². The monoisotopic (exact) mass is 269 g/mol. The summed E-state index contributed by atoms with van der Waals surface area (Å²) >= 11 is 3.44. The minimum absolute atomic E-state index is 0.321. The van der Waals surface area contributed by atoms with Crippen LogP contribution < -0.4 is 10.1 Å². The smallest absolute Gasteiger partial charge is 0.125 e. The van der Waals surface area contributed by atoms with Gasteiger partial charge in [-0.1, -0.05) is 22.0 Å². The Morgan fingerprint density at radius 1 is 1.27 bits per heavy atom. The molecule has 0 aromatic heterocycles. The maximum Gasteiger partial charge on any atom is 0.125 e. The van der Waals surface area contributed by atoms with Gasteiger partial charge in [-0.25, -0.2) is 0 Å². The molecule has 3 nitrogen and oxygen atoms in total. The number of benzene rings is 1. The summed E-state index contributed by atoms with van der Waals surface area (Å²) < 4.78 is 11.8. The second-order valence-electron chi connectivity index (χ2n) is 3.95. The third kappa shape index (κ3) is 1.77. The Kier molecular flexibility index (Phi) is 2.42. The van der Waals surface area contributed by atoms with E-state index in [4.69, 9.17) is 9.47 Å². The molecule has 2 heterocycles. The first-order valence-corrected chi connectivity index (χ1v) is 5.88. The van der Waals surface area contributed by atoms with E-state index in [1.165, 1.54) is 5.56 Å². The van der Waals surface area contributed by atoms with Crippen molar-refractivity contribution in [3.8, 4) is 5.75 Å². The predicted molar refractivity (Wildman–Crippen MR) is 60.1 cm³/mol. The highest BCUT2D eigenvalue weighted by atomic mass is 79.9. The summed E-state index contributed by atoms with van der Waals surface area (Å²) in [5, 5.41) is 3.53. The quantitative estimate of drug-likeness (QED) is 0.890. The maximum atomic E-state index is 5.63. The highest BCUT2D eigenvalue weighted by Gasteiger charge is 2.28. The molecule has 2 aliphatic rings. The normalized spacial score (nSPS) is 24.5. The highest BCUT2D eigenvalue weighted by Crippen LogP contribution is 2.34. The van der Waals surface area contributed by atoms with E-state index in [0.717, 1.165) is 30.0 Å². The Bertz CT molecular complexity index is 379. The van der Waals surface area contributed by atoms with Crippen LogP contribution >= 0.6 is 15.9 Å². The van der Waals surface area contributed by atoms with Crippen LogP contribution in [-0.2, 0) is 4.74 Å². The van der Waals surface area contributed by atoms with Crippen molar-refractivity contribution in [2.24, 2.45) is 0 Å². The van der Waals surface area contributed by atoms with Crippen LogP contribution in [0.4, 0.5) is 0 Å². The third-order valence-corrected chi connectivity index (χ3v) is 3.32. The standard InChI is InChI=1S/C11H12BrNO2/c12-7-1-2-9-10(6-15-11(9)3-7)13-8-4-14-5-8/h1-3,8,10,13H,4-6H2/t10-/m0/s1. The van der Waals surface area contributed by atoms with E-state index in [0.29, 0.717) is 12.1 Å². The zero-order chi connectivity index (χ0) is 10.3. The molecule has 0 saturated carbocycles. The lowest BCUT2D eigenvalue weighted by atomic mass is 10.1. The summed E-state index contributed by atoms with van der Waals surface area (Å²) in [7, 11) is 0. The second kappa shape index (κ2) is 3.77. The number of rotatable bonds is 2. The van der Waals surface area contributed by atoms with Gasteiger partial charge in [-0.05, 0) is 12.1 Å². The van der Waals surface area contributed by atoms with E-state index in [-0.39, 0.29) is 0 Å². The molecule has 0 amide bonds. The molecule has 1 aromatic carbocycles. The van der Waals surface area contributed by atoms with E-state index in [2.05, 4.69) is 33.4 Å². The van der Waals surface area contributed by atoms with Crippen LogP contribution in [0.1, 0.15) is 11.6 Å². The summed E-state index contributed by atoms with van der Waals surface area (Å²) in [5.74, 6) is 0.988. The van der Waals surface area contributed by atoms with Crippen molar-refractivity contribution in [3.05, 3.63) is 28.2 Å². The molecule has 1 saturated heterocycles. The Morgan fingerprint density at radius 3 is 2.87 bits per heavy atom. The average molecular weight is 270 g/mol. The van der Waals surface area contributed by atoms with E-state index < -0.39 is 0 Å². The molecule has 1 aromatic rings. The molecule has 1 N–H and O–H groups in total. The minimum atomic E-state index is 0.321. The lowest BCUT2D eigenvalue weighted by Gasteiger charge is -2.29. The van der Waals surface area contributed by atoms with Crippen molar-refractivity contribution in [2.75, 3.05) is 19.8 Å². The first-order valence-electron chi connectivity index (χ1n) is 5.09. The van der Waals surface area contributed by atoms with E-state index in [1.807, 2.05) is 6.07 Å². The predicted octanol–water partition coefficient (Wildman–Crippen LogP) is 1.87. The van der Waals surface area contributed by atoms with Gasteiger partial charge in [0, 0.05) is 10.0 Å². The van der Waals surface area contributed by atoms with Crippen LogP contribution in [0.25, 0.3) is 0 Å². The molecule has 1 atom stereocenters. The fourth-order valence-electron chi connectivity index (χ4n) is 1.94. The molecule has 0 unspecified atom stereocenters. The van der Waals surface area contributed by atoms with Crippen LogP contribution in [0.5, 0.6) is 5.75 Å². The molecule has 1 fully saturated rings. The molecule has 4 heteroatoms. The highest BCUT2D eigenvalue weighted by molar-refractivity contribution is 9.10. The summed E-state index contributed by atoms with van der Waals surface area (Å²) in [6.45, 7) is 2.37. The first kappa shape index (κ1) is 9.63. The van der Waals surface area contributed by atoms with Gasteiger partial charge in [-0.2, -0.15) is 0 Å². The molecule has 2 aliphatic heterocycles. The van der Waals surface area contributed by atoms with Gasteiger partial charge >= 0.3 is 0 Å². The van der Waals surface area contributed by atoms with Crippen LogP contribution in [0.15, 0.2) is 22.7 Å². The Labute approximate surface area is 96.9 Å². The molecular formula is C11H12BrNO2. The number of hydrogen-bond acceptors (Lipinski definition) is 3. The molecule has 0 bridgehead atoms. The van der Waals surface area contributed by atoms with E-state index in [1.54, 1.807) is 0 Å². The lowest BCUT2D eigenvalue weighted by Crippen LogP contribution is -2.47. The largest absolute Gasteiger partial charge is 0.491 e. The molecular weight excluding hydrogens is 258 g/mol. The van der Waals surface area contributed by atoms with Crippen LogP contribution in [0.2, 0.25) is 0 Å². The van der Waals surface area contributed by atoms with Gasteiger partial charge in [-0.15, -0.1) is 0 Å². The molecule has 0 radical (unpaired) electrons. The fraction of sp³-hybridized carbons (Fsp3) is 0.455. The zero-order valence-corrected chi connectivity index (χ0v) is 9.79. The number of nitrogens with one attached hydrogen (secondary N) is 1. The van der Waals surface area contributed by atoms with Gasteiger partial charge in [0.15, 0.2) is 0 Å². The van der Waals surface area contributed by atoms with Crippen molar-refractivity contribution >= 4 is 15.9 Å². The SMILES string of the molecule is Brc1ccc2c(c1)OC[C@@H]2NC1COC1. The minimum Gasteiger partial charge on any atom is -0.491 e. The Hall–Kier alpha value is -0.580. The van der Waals surface area contributed by atoms with Gasteiger partial charge in [0.1, 0.15) is 12.4 Å². The van der Waals surface area contributed by atoms with Gasteiger partial charge in [-0.3, -0.25) is 5.32 Å². The lowest BCUT2D eigenvalue weighted by molar-refractivity contribution is -0.0110. The van der Waals surface area contributed by atoms with Gasteiger partial charge in [0.2, 0.25) is 0 Å². The molecule has 0 spiro atoms. The number of fused-ring (bicyclic) bond motifs is 1. The van der Waals surface area contributed by atoms with E-state index >= 15 is 0 Å². The molecule has 3 rings (SSSR count). The topological polar surface area (TPSA) is 30.5 Å². The van der Waals surface area contributed by atoms with Gasteiger partial charge < -0.3 is 9.47 Å². The Morgan fingerprint density at radius 2 is 2.13 bits per heavy atom. The van der Waals surface area contributed by atoms with E-state index in [9.17, 15) is 0 Å². The van der Waals surface area contributed by atoms with Crippen molar-refractivity contribution in [2.45, 2.75) is 12.1 Å². The maximum absolute atomic E-state index is 5.63. The fourth-order valence-corrected chi connectivity index (χ4v) is 2.28. The van der Waals surface area contributed by atoms with Crippen molar-refractivity contribution in [1.29, 1.82) is 0 Å². The van der Waals surface area contributed by atoms with Crippen LogP contribution in [-0.4, -0.2) is 25.9 Å². The summed E-state index contributed by atoms with van der Waals surface area (Å²) in [6, 6.07) is 7.01.